The van der Waals surface area contributed by atoms with Crippen LogP contribution in [0.3, 0.4) is 0 Å². The number of aliphatic hydroxyl groups excluding tert-OH is 1. The first-order chi connectivity index (χ1) is 9.32. The summed E-state index contributed by atoms with van der Waals surface area (Å²) >= 11 is 0. The van der Waals surface area contributed by atoms with E-state index in [0.717, 1.165) is 19.5 Å². The maximum atomic E-state index is 10.8. The third-order valence-corrected chi connectivity index (χ3v) is 4.97. The van der Waals surface area contributed by atoms with E-state index in [0.29, 0.717) is 0 Å². The van der Waals surface area contributed by atoms with E-state index >= 15 is 0 Å². The highest BCUT2D eigenvalue weighted by Gasteiger charge is 2.36. The van der Waals surface area contributed by atoms with Gasteiger partial charge in [-0.3, -0.25) is 4.90 Å². The van der Waals surface area contributed by atoms with Crippen molar-refractivity contribution in [1.82, 2.24) is 4.90 Å². The van der Waals surface area contributed by atoms with Crippen LogP contribution in [0.2, 0.25) is 0 Å². The second-order valence-corrected chi connectivity index (χ2v) is 6.95. The van der Waals surface area contributed by atoms with Crippen LogP contribution in [-0.4, -0.2) is 34.7 Å². The first kappa shape index (κ1) is 15.5. The van der Waals surface area contributed by atoms with Gasteiger partial charge in [-0.05, 0) is 77.2 Å². The summed E-state index contributed by atoms with van der Waals surface area (Å²) in [6.07, 6.45) is 2.96. The second-order valence-electron chi connectivity index (χ2n) is 6.95. The van der Waals surface area contributed by atoms with Crippen molar-refractivity contribution in [2.75, 3.05) is 13.1 Å². The number of hydrogen-bond acceptors (Lipinski definition) is 2. The predicted molar refractivity (Wildman–Crippen MR) is 85.2 cm³/mol. The Labute approximate surface area is 123 Å². The molecule has 1 aromatic carbocycles. The lowest BCUT2D eigenvalue weighted by Crippen LogP contribution is -2.52. The predicted octanol–water partition coefficient (Wildman–Crippen LogP) is 3.39. The van der Waals surface area contributed by atoms with E-state index in [2.05, 4.69) is 51.7 Å². The summed E-state index contributed by atoms with van der Waals surface area (Å²) < 4.78 is 0. The van der Waals surface area contributed by atoms with Gasteiger partial charge in [-0.2, -0.15) is 0 Å². The van der Waals surface area contributed by atoms with Crippen molar-refractivity contribution in [2.45, 2.75) is 65.5 Å². The minimum Gasteiger partial charge on any atom is -0.391 e. The first-order valence-corrected chi connectivity index (χ1v) is 7.82. The van der Waals surface area contributed by atoms with Crippen LogP contribution < -0.4 is 0 Å². The van der Waals surface area contributed by atoms with Crippen LogP contribution in [0.5, 0.6) is 0 Å². The van der Waals surface area contributed by atoms with E-state index in [-0.39, 0.29) is 11.6 Å². The zero-order valence-corrected chi connectivity index (χ0v) is 13.7. The summed E-state index contributed by atoms with van der Waals surface area (Å²) in [6, 6.07) is 4.44. The minimum atomic E-state index is -0.319. The molecular formula is C18H29NO. The van der Waals surface area contributed by atoms with Gasteiger partial charge in [-0.15, -0.1) is 0 Å². The van der Waals surface area contributed by atoms with Gasteiger partial charge < -0.3 is 5.11 Å². The van der Waals surface area contributed by atoms with E-state index < -0.39 is 0 Å². The molecule has 0 saturated carbocycles. The molecule has 1 aliphatic rings. The van der Waals surface area contributed by atoms with Crippen molar-refractivity contribution in [3.8, 4) is 0 Å². The van der Waals surface area contributed by atoms with Gasteiger partial charge in [-0.1, -0.05) is 17.7 Å². The number of hydrogen-bond donors (Lipinski definition) is 1. The van der Waals surface area contributed by atoms with Crippen molar-refractivity contribution in [3.63, 3.8) is 0 Å². The maximum Gasteiger partial charge on any atom is 0.0758 e. The number of benzene rings is 1. The second kappa shape index (κ2) is 5.87. The molecule has 20 heavy (non-hydrogen) atoms. The highest BCUT2D eigenvalue weighted by molar-refractivity contribution is 5.38. The number of likely N-dealkylation sites (tertiary alicyclic amines) is 1. The molecule has 1 N–H and O–H groups in total. The summed E-state index contributed by atoms with van der Waals surface area (Å²) in [5.41, 5.74) is 5.09. The van der Waals surface area contributed by atoms with Crippen LogP contribution in [0.4, 0.5) is 0 Å². The average molecular weight is 275 g/mol. The fourth-order valence-electron chi connectivity index (χ4n) is 3.48. The fourth-order valence-corrected chi connectivity index (χ4v) is 3.48. The molecule has 112 valence electrons. The van der Waals surface area contributed by atoms with E-state index in [1.54, 1.807) is 0 Å². The fraction of sp³-hybridized carbons (Fsp3) is 0.667. The van der Waals surface area contributed by atoms with Gasteiger partial charge in [-0.25, -0.2) is 0 Å². The molecule has 1 aromatic rings. The summed E-state index contributed by atoms with van der Waals surface area (Å²) in [4.78, 5) is 2.44. The Balaban J connectivity index is 2.17. The highest BCUT2D eigenvalue weighted by atomic mass is 16.3. The zero-order chi connectivity index (χ0) is 14.9. The Morgan fingerprint density at radius 3 is 2.10 bits per heavy atom. The highest BCUT2D eigenvalue weighted by Crippen LogP contribution is 2.28. The summed E-state index contributed by atoms with van der Waals surface area (Å²) in [5, 5.41) is 10.8. The molecule has 0 aromatic heterocycles. The van der Waals surface area contributed by atoms with Gasteiger partial charge >= 0.3 is 0 Å². The van der Waals surface area contributed by atoms with Gasteiger partial charge in [0.25, 0.3) is 0 Å². The van der Waals surface area contributed by atoms with E-state index in [9.17, 15) is 5.11 Å². The third kappa shape index (κ3) is 3.07. The molecular weight excluding hydrogens is 246 g/mol. The Kier molecular flexibility index (Phi) is 4.55. The average Bonchev–Trinajstić information content (AvgIpc) is 2.87. The van der Waals surface area contributed by atoms with E-state index in [1.807, 2.05) is 0 Å². The molecule has 1 aliphatic heterocycles. The largest absolute Gasteiger partial charge is 0.391 e. The zero-order valence-electron chi connectivity index (χ0n) is 13.7. The molecule has 1 heterocycles. The van der Waals surface area contributed by atoms with Crippen molar-refractivity contribution < 1.29 is 5.11 Å². The summed E-state index contributed by atoms with van der Waals surface area (Å²) in [6.45, 7) is 13.1. The first-order valence-electron chi connectivity index (χ1n) is 7.82. The van der Waals surface area contributed by atoms with E-state index in [4.69, 9.17) is 0 Å². The van der Waals surface area contributed by atoms with Crippen molar-refractivity contribution in [2.24, 2.45) is 0 Å². The number of aliphatic hydroxyl groups is 1. The van der Waals surface area contributed by atoms with Gasteiger partial charge in [0.05, 0.1) is 6.10 Å². The maximum absolute atomic E-state index is 10.8. The smallest absolute Gasteiger partial charge is 0.0758 e. The molecule has 1 saturated heterocycles. The monoisotopic (exact) mass is 275 g/mol. The van der Waals surface area contributed by atoms with Crippen LogP contribution in [0.1, 0.15) is 48.9 Å². The van der Waals surface area contributed by atoms with Crippen LogP contribution >= 0.6 is 0 Å². The van der Waals surface area contributed by atoms with Crippen LogP contribution in [0, 0.1) is 20.8 Å². The topological polar surface area (TPSA) is 23.5 Å². The van der Waals surface area contributed by atoms with Gasteiger partial charge in [0, 0.05) is 12.0 Å². The van der Waals surface area contributed by atoms with Crippen molar-refractivity contribution in [1.29, 1.82) is 0 Å². The number of nitrogens with zero attached hydrogens (tertiary/aromatic N) is 1. The lowest BCUT2D eigenvalue weighted by Gasteiger charge is -2.40. The molecule has 2 rings (SSSR count). The van der Waals surface area contributed by atoms with Gasteiger partial charge in [0.2, 0.25) is 0 Å². The van der Waals surface area contributed by atoms with Gasteiger partial charge in [0.1, 0.15) is 0 Å². The third-order valence-electron chi connectivity index (χ3n) is 4.97. The molecule has 1 fully saturated rings. The molecule has 0 amide bonds. The van der Waals surface area contributed by atoms with E-state index in [1.165, 1.54) is 35.1 Å². The molecule has 2 heteroatoms. The molecule has 2 nitrogen and oxygen atoms in total. The van der Waals surface area contributed by atoms with Crippen LogP contribution in [0.25, 0.3) is 0 Å². The SMILES string of the molecule is Cc1cc(C)c(CC(O)C(C)(C)N2CCCC2)c(C)c1. The molecule has 0 aliphatic carbocycles. The Morgan fingerprint density at radius 1 is 1.10 bits per heavy atom. The van der Waals surface area contributed by atoms with Crippen molar-refractivity contribution >= 4 is 0 Å². The molecule has 0 spiro atoms. The Morgan fingerprint density at radius 2 is 1.60 bits per heavy atom. The number of rotatable bonds is 4. The Bertz CT molecular complexity index is 449. The molecule has 1 unspecified atom stereocenters. The minimum absolute atomic E-state index is 0.139. The summed E-state index contributed by atoms with van der Waals surface area (Å²) in [7, 11) is 0. The van der Waals surface area contributed by atoms with Crippen molar-refractivity contribution in [3.05, 3.63) is 34.4 Å². The standard InChI is InChI=1S/C18H29NO/c1-13-10-14(2)16(15(3)11-13)12-17(20)18(4,5)19-8-6-7-9-19/h10-11,17,20H,6-9,12H2,1-5H3. The normalized spacial score (nSPS) is 18.5. The summed E-state index contributed by atoms with van der Waals surface area (Å²) in [5.74, 6) is 0. The molecule has 0 bridgehead atoms. The lowest BCUT2D eigenvalue weighted by atomic mass is 9.87. The van der Waals surface area contributed by atoms with Crippen LogP contribution in [0.15, 0.2) is 12.1 Å². The quantitative estimate of drug-likeness (QED) is 0.910. The van der Waals surface area contributed by atoms with Gasteiger partial charge in [0.15, 0.2) is 0 Å². The lowest BCUT2D eigenvalue weighted by molar-refractivity contribution is 0.00322. The number of aryl methyl sites for hydroxylation is 3. The van der Waals surface area contributed by atoms with Crippen LogP contribution in [-0.2, 0) is 6.42 Å². The Hall–Kier alpha value is -0.860. The molecule has 0 radical (unpaired) electrons. The molecule has 1 atom stereocenters.